The summed E-state index contributed by atoms with van der Waals surface area (Å²) in [6.45, 7) is 3.94. The first-order valence-corrected chi connectivity index (χ1v) is 11.0. The molecule has 0 bridgehead atoms. The van der Waals surface area contributed by atoms with Crippen LogP contribution in [-0.4, -0.2) is 100 Å². The predicted octanol–water partition coefficient (Wildman–Crippen LogP) is -1.29. The highest BCUT2D eigenvalue weighted by Crippen LogP contribution is 2.47. The summed E-state index contributed by atoms with van der Waals surface area (Å²) in [7, 11) is 0. The normalized spacial score (nSPS) is 42.9. The monoisotopic (exact) mass is 448 g/mol. The Bertz CT molecular complexity index is 597. The number of aliphatic hydroxyl groups excluding tert-OH is 6. The minimum atomic E-state index is -1.52. The van der Waals surface area contributed by atoms with Gasteiger partial charge in [-0.3, -0.25) is 0 Å². The molecule has 180 valence electrons. The fourth-order valence-corrected chi connectivity index (χ4v) is 4.61. The third kappa shape index (κ3) is 5.40. The Labute approximate surface area is 182 Å². The molecule has 0 spiro atoms. The zero-order chi connectivity index (χ0) is 22.7. The lowest BCUT2D eigenvalue weighted by molar-refractivity contribution is -0.299. The van der Waals surface area contributed by atoms with E-state index in [9.17, 15) is 30.6 Å². The van der Waals surface area contributed by atoms with Crippen LogP contribution in [0.15, 0.2) is 11.8 Å². The van der Waals surface area contributed by atoms with Crippen molar-refractivity contribution in [2.75, 3.05) is 26.4 Å². The maximum absolute atomic E-state index is 10.5. The fraction of sp³-hybridized carbons (Fsp3) is 0.905. The van der Waals surface area contributed by atoms with Gasteiger partial charge in [0.15, 0.2) is 6.29 Å². The molecular weight excluding hydrogens is 412 g/mol. The summed E-state index contributed by atoms with van der Waals surface area (Å²) in [5, 5.41) is 59.6. The summed E-state index contributed by atoms with van der Waals surface area (Å²) in [4.78, 5) is 0. The maximum atomic E-state index is 10.5. The van der Waals surface area contributed by atoms with Gasteiger partial charge in [0.1, 0.15) is 24.4 Å². The van der Waals surface area contributed by atoms with Crippen molar-refractivity contribution in [1.82, 2.24) is 0 Å². The van der Waals surface area contributed by atoms with Crippen LogP contribution in [0.1, 0.15) is 26.7 Å². The first-order chi connectivity index (χ1) is 14.8. The number of fused-ring (bicyclic) bond motifs is 1. The molecule has 6 N–H and O–H groups in total. The minimum absolute atomic E-state index is 0.0204. The van der Waals surface area contributed by atoms with Gasteiger partial charge < -0.3 is 49.6 Å². The first kappa shape index (κ1) is 24.8. The third-order valence-corrected chi connectivity index (χ3v) is 6.54. The van der Waals surface area contributed by atoms with Crippen LogP contribution in [0.2, 0.25) is 0 Å². The summed E-state index contributed by atoms with van der Waals surface area (Å²) in [6, 6.07) is 0. The molecule has 3 rings (SSSR count). The molecule has 0 aromatic carbocycles. The average Bonchev–Trinajstić information content (AvgIpc) is 3.08. The van der Waals surface area contributed by atoms with E-state index in [1.807, 2.05) is 0 Å². The zero-order valence-corrected chi connectivity index (χ0v) is 18.0. The molecule has 10 atom stereocenters. The Hall–Kier alpha value is -0.820. The largest absolute Gasteiger partial charge is 0.472 e. The van der Waals surface area contributed by atoms with Gasteiger partial charge >= 0.3 is 0 Å². The van der Waals surface area contributed by atoms with E-state index in [0.29, 0.717) is 24.5 Å². The van der Waals surface area contributed by atoms with Crippen molar-refractivity contribution >= 4 is 0 Å². The number of ether oxygens (including phenoxy) is 4. The molecule has 0 aromatic rings. The lowest BCUT2D eigenvalue weighted by Gasteiger charge is -2.40. The van der Waals surface area contributed by atoms with Crippen molar-refractivity contribution in [2.45, 2.75) is 69.8 Å². The molecule has 2 heterocycles. The maximum Gasteiger partial charge on any atom is 0.202 e. The van der Waals surface area contributed by atoms with Gasteiger partial charge in [-0.2, -0.15) is 0 Å². The Kier molecular flexibility index (Phi) is 8.70. The van der Waals surface area contributed by atoms with E-state index in [0.717, 1.165) is 6.42 Å². The molecule has 2 fully saturated rings. The predicted molar refractivity (Wildman–Crippen MR) is 106 cm³/mol. The molecule has 2 aliphatic heterocycles. The second-order valence-corrected chi connectivity index (χ2v) is 9.09. The van der Waals surface area contributed by atoms with Crippen molar-refractivity contribution in [3.8, 4) is 0 Å². The Morgan fingerprint density at radius 2 is 1.74 bits per heavy atom. The van der Waals surface area contributed by atoms with E-state index in [1.165, 1.54) is 6.26 Å². The van der Waals surface area contributed by atoms with Crippen molar-refractivity contribution < 1.29 is 49.6 Å². The van der Waals surface area contributed by atoms with E-state index in [-0.39, 0.29) is 25.0 Å². The lowest BCUT2D eigenvalue weighted by Crippen LogP contribution is -2.59. The second kappa shape index (κ2) is 10.9. The van der Waals surface area contributed by atoms with Crippen LogP contribution < -0.4 is 0 Å². The van der Waals surface area contributed by atoms with Gasteiger partial charge in [-0.1, -0.05) is 13.8 Å². The van der Waals surface area contributed by atoms with Crippen molar-refractivity contribution in [1.29, 1.82) is 0 Å². The Morgan fingerprint density at radius 1 is 1.00 bits per heavy atom. The smallest absolute Gasteiger partial charge is 0.202 e. The standard InChI is InChI=1S/C21H36O10/c1-10(2)3-4-28-20-16-12(5-14(24)13(16)6-22)11(8-29-20)9-30-21-19(27)18(26)17(25)15(7-23)31-21/h8,10,12-27H,3-7,9H2,1-2H3/t12-,13+,14+,15-,16+,17-,18+,19-,20-,21-/m1/s1. The van der Waals surface area contributed by atoms with Crippen molar-refractivity contribution in [3.63, 3.8) is 0 Å². The lowest BCUT2D eigenvalue weighted by atomic mass is 9.83. The van der Waals surface area contributed by atoms with Gasteiger partial charge in [0, 0.05) is 18.4 Å². The molecule has 31 heavy (non-hydrogen) atoms. The molecule has 3 aliphatic rings. The number of hydrogen-bond donors (Lipinski definition) is 6. The third-order valence-electron chi connectivity index (χ3n) is 6.54. The number of rotatable bonds is 9. The fourth-order valence-electron chi connectivity index (χ4n) is 4.61. The SMILES string of the molecule is CC(C)CCO[C@@H]1OC=C(CO[C@@H]2O[C@H](CO)[C@@H](O)[C@H](O)[C@H]2O)[C@H]2C[C@H](O)[C@H](CO)[C@@H]12. The molecule has 0 radical (unpaired) electrons. The van der Waals surface area contributed by atoms with E-state index >= 15 is 0 Å². The van der Waals surface area contributed by atoms with Crippen LogP contribution in [0.25, 0.3) is 0 Å². The molecule has 10 nitrogen and oxygen atoms in total. The van der Waals surface area contributed by atoms with Crippen LogP contribution in [0.5, 0.6) is 0 Å². The highest BCUT2D eigenvalue weighted by atomic mass is 16.7. The summed E-state index contributed by atoms with van der Waals surface area (Å²) in [5.74, 6) is -0.342. The molecule has 1 saturated carbocycles. The summed E-state index contributed by atoms with van der Waals surface area (Å²) in [5.41, 5.74) is 0.709. The highest BCUT2D eigenvalue weighted by molar-refractivity contribution is 5.15. The minimum Gasteiger partial charge on any atom is -0.472 e. The summed E-state index contributed by atoms with van der Waals surface area (Å²) >= 11 is 0. The Morgan fingerprint density at radius 3 is 2.39 bits per heavy atom. The zero-order valence-electron chi connectivity index (χ0n) is 18.0. The molecule has 0 amide bonds. The summed E-state index contributed by atoms with van der Waals surface area (Å²) in [6.07, 6.45) is -5.29. The number of hydrogen-bond acceptors (Lipinski definition) is 10. The molecule has 0 unspecified atom stereocenters. The van der Waals surface area contributed by atoms with Crippen molar-refractivity contribution in [2.24, 2.45) is 23.7 Å². The number of aliphatic hydroxyl groups is 6. The van der Waals surface area contributed by atoms with Crippen LogP contribution in [-0.2, 0) is 18.9 Å². The van der Waals surface area contributed by atoms with E-state index in [2.05, 4.69) is 13.8 Å². The van der Waals surface area contributed by atoms with Crippen LogP contribution in [0.4, 0.5) is 0 Å². The van der Waals surface area contributed by atoms with Crippen LogP contribution >= 0.6 is 0 Å². The van der Waals surface area contributed by atoms with Gasteiger partial charge in [-0.25, -0.2) is 0 Å². The van der Waals surface area contributed by atoms with E-state index in [1.54, 1.807) is 0 Å². The highest BCUT2D eigenvalue weighted by Gasteiger charge is 2.51. The molecule has 10 heteroatoms. The molecule has 1 saturated heterocycles. The van der Waals surface area contributed by atoms with Crippen LogP contribution in [0.3, 0.4) is 0 Å². The average molecular weight is 449 g/mol. The van der Waals surface area contributed by atoms with Gasteiger partial charge in [0.2, 0.25) is 6.29 Å². The quantitative estimate of drug-likeness (QED) is 0.251. The molecule has 0 aromatic heterocycles. The summed E-state index contributed by atoms with van der Waals surface area (Å²) < 4.78 is 22.8. The van der Waals surface area contributed by atoms with Gasteiger partial charge in [0.25, 0.3) is 0 Å². The van der Waals surface area contributed by atoms with Crippen molar-refractivity contribution in [3.05, 3.63) is 11.8 Å². The molecule has 1 aliphatic carbocycles. The van der Waals surface area contributed by atoms with E-state index in [4.69, 9.17) is 18.9 Å². The van der Waals surface area contributed by atoms with Gasteiger partial charge in [-0.05, 0) is 30.3 Å². The van der Waals surface area contributed by atoms with Gasteiger partial charge in [-0.15, -0.1) is 0 Å². The Balaban J connectivity index is 1.66. The molecular formula is C21H36O10. The van der Waals surface area contributed by atoms with E-state index < -0.39 is 55.6 Å². The van der Waals surface area contributed by atoms with Crippen LogP contribution in [0, 0.1) is 23.7 Å². The second-order valence-electron chi connectivity index (χ2n) is 9.09. The first-order valence-electron chi connectivity index (χ1n) is 11.0. The van der Waals surface area contributed by atoms with Gasteiger partial charge in [0.05, 0.1) is 32.2 Å². The topological polar surface area (TPSA) is 158 Å².